The second-order valence-electron chi connectivity index (χ2n) is 6.38. The van der Waals surface area contributed by atoms with Crippen molar-refractivity contribution >= 4 is 45.3 Å². The lowest BCUT2D eigenvalue weighted by Crippen LogP contribution is -2.07. The fraction of sp³-hybridized carbons (Fsp3) is 0.263. The number of benzene rings is 1. The van der Waals surface area contributed by atoms with Crippen LogP contribution in [0.25, 0.3) is 33.5 Å². The molecular weight excluding hydrogens is 409 g/mol. The van der Waals surface area contributed by atoms with Gasteiger partial charge >= 0.3 is 6.18 Å². The van der Waals surface area contributed by atoms with Crippen LogP contribution in [0.15, 0.2) is 35.4 Å². The van der Waals surface area contributed by atoms with Crippen LogP contribution in [0.1, 0.15) is 12.6 Å². The summed E-state index contributed by atoms with van der Waals surface area (Å²) in [5.74, 6) is 1.43. The monoisotopic (exact) mass is 424 g/mol. The van der Waals surface area contributed by atoms with Gasteiger partial charge in [0, 0.05) is 29.4 Å². The van der Waals surface area contributed by atoms with E-state index >= 15 is 0 Å². The first-order chi connectivity index (χ1) is 13.2. The molecule has 4 nitrogen and oxygen atoms in total. The molecule has 0 radical (unpaired) electrons. The first-order valence-electron chi connectivity index (χ1n) is 8.53. The van der Waals surface area contributed by atoms with Crippen LogP contribution in [0, 0.1) is 0 Å². The average molecular weight is 425 g/mol. The molecule has 3 aromatic heterocycles. The molecule has 0 aliphatic carbocycles. The molecule has 0 saturated carbocycles. The molecule has 0 aliphatic rings. The van der Waals surface area contributed by atoms with Gasteiger partial charge in [0.2, 0.25) is 0 Å². The van der Waals surface area contributed by atoms with Crippen molar-refractivity contribution in [3.8, 4) is 11.5 Å². The van der Waals surface area contributed by atoms with E-state index in [1.54, 1.807) is 23.4 Å². The number of hydrogen-bond acceptors (Lipinski definition) is 3. The summed E-state index contributed by atoms with van der Waals surface area (Å²) in [6.45, 7) is 2.05. The summed E-state index contributed by atoms with van der Waals surface area (Å²) in [6.07, 6.45) is -3.29. The smallest absolute Gasteiger partial charge is 0.340 e. The van der Waals surface area contributed by atoms with Crippen LogP contribution in [-0.4, -0.2) is 24.9 Å². The van der Waals surface area contributed by atoms with Crippen LogP contribution in [0.4, 0.5) is 13.2 Å². The molecule has 0 atom stereocenters. The second kappa shape index (κ2) is 6.70. The Hall–Kier alpha value is -2.19. The topological polar surface area (TPSA) is 35.6 Å². The van der Waals surface area contributed by atoms with E-state index < -0.39 is 11.9 Å². The van der Waals surface area contributed by atoms with E-state index in [0.717, 1.165) is 33.3 Å². The summed E-state index contributed by atoms with van der Waals surface area (Å²) in [4.78, 5) is 9.13. The van der Waals surface area contributed by atoms with Crippen LogP contribution in [0.3, 0.4) is 0 Å². The first-order valence-corrected chi connectivity index (χ1v) is 9.89. The minimum Gasteiger partial charge on any atom is -0.340 e. The van der Waals surface area contributed by atoms with Crippen molar-refractivity contribution in [3.63, 3.8) is 0 Å². The number of rotatable bonds is 3. The molecule has 0 amide bonds. The molecule has 9 heteroatoms. The Morgan fingerprint density at radius 1 is 1.11 bits per heavy atom. The maximum Gasteiger partial charge on any atom is 0.433 e. The van der Waals surface area contributed by atoms with Gasteiger partial charge < -0.3 is 9.13 Å². The number of hydrogen-bond donors (Lipinski definition) is 0. The third-order valence-electron chi connectivity index (χ3n) is 4.67. The van der Waals surface area contributed by atoms with Crippen molar-refractivity contribution < 1.29 is 13.2 Å². The highest BCUT2D eigenvalue weighted by atomic mass is 35.5. The molecule has 0 unspecified atom stereocenters. The summed E-state index contributed by atoms with van der Waals surface area (Å²) < 4.78 is 42.9. The van der Waals surface area contributed by atoms with Crippen molar-refractivity contribution in [2.75, 3.05) is 5.75 Å². The molecule has 0 bridgehead atoms. The number of alkyl halides is 3. The van der Waals surface area contributed by atoms with Crippen LogP contribution < -0.4 is 0 Å². The number of halogens is 4. The predicted molar refractivity (Wildman–Crippen MR) is 107 cm³/mol. The molecular formula is C19H16ClF3N4S. The first kappa shape index (κ1) is 19.1. The highest BCUT2D eigenvalue weighted by Crippen LogP contribution is 2.41. The normalized spacial score (nSPS) is 12.4. The van der Waals surface area contributed by atoms with Gasteiger partial charge in [0.25, 0.3) is 0 Å². The Morgan fingerprint density at radius 3 is 2.54 bits per heavy atom. The number of thioether (sulfide) groups is 1. The minimum atomic E-state index is -4.51. The van der Waals surface area contributed by atoms with Crippen molar-refractivity contribution in [2.24, 2.45) is 14.1 Å². The molecule has 0 N–H and O–H groups in total. The van der Waals surface area contributed by atoms with Gasteiger partial charge in [-0.25, -0.2) is 9.97 Å². The lowest BCUT2D eigenvalue weighted by molar-refractivity contribution is -0.141. The van der Waals surface area contributed by atoms with Crippen LogP contribution >= 0.6 is 23.4 Å². The summed E-state index contributed by atoms with van der Waals surface area (Å²) in [5, 5.41) is 1.66. The van der Waals surface area contributed by atoms with Crippen LogP contribution in [-0.2, 0) is 20.3 Å². The Bertz CT molecular complexity index is 1210. The van der Waals surface area contributed by atoms with E-state index in [4.69, 9.17) is 11.6 Å². The highest BCUT2D eigenvalue weighted by molar-refractivity contribution is 7.99. The number of nitrogens with zero attached hydrogens (tertiary/aromatic N) is 4. The fourth-order valence-electron chi connectivity index (χ4n) is 3.37. The second-order valence-corrected chi connectivity index (χ2v) is 8.09. The molecule has 1 aromatic carbocycles. The number of pyridine rings is 1. The number of aromatic nitrogens is 4. The fourth-order valence-corrected chi connectivity index (χ4v) is 4.52. The molecule has 3 heterocycles. The van der Waals surface area contributed by atoms with Crippen molar-refractivity contribution in [1.82, 2.24) is 19.1 Å². The predicted octanol–water partition coefficient (Wildman–Crippen LogP) is 5.91. The van der Waals surface area contributed by atoms with Gasteiger partial charge in [-0.15, -0.1) is 11.8 Å². The summed E-state index contributed by atoms with van der Waals surface area (Å²) in [5.41, 5.74) is 1.64. The van der Waals surface area contributed by atoms with Crippen LogP contribution in [0.2, 0.25) is 5.02 Å². The lowest BCUT2D eigenvalue weighted by Gasteiger charge is -2.08. The van der Waals surface area contributed by atoms with Gasteiger partial charge in [0.1, 0.15) is 5.69 Å². The Balaban J connectivity index is 2.02. The van der Waals surface area contributed by atoms with Gasteiger partial charge in [0.15, 0.2) is 5.82 Å². The Morgan fingerprint density at radius 2 is 1.86 bits per heavy atom. The summed E-state index contributed by atoms with van der Waals surface area (Å²) in [7, 11) is 3.69. The maximum absolute atomic E-state index is 13.0. The zero-order valence-corrected chi connectivity index (χ0v) is 16.9. The van der Waals surface area contributed by atoms with Crippen molar-refractivity contribution in [2.45, 2.75) is 18.0 Å². The maximum atomic E-state index is 13.0. The number of imidazole rings is 1. The molecule has 4 rings (SSSR count). The van der Waals surface area contributed by atoms with E-state index in [9.17, 15) is 13.2 Å². The van der Waals surface area contributed by atoms with Crippen molar-refractivity contribution in [1.29, 1.82) is 0 Å². The summed E-state index contributed by atoms with van der Waals surface area (Å²) >= 11 is 7.84. The minimum absolute atomic E-state index is 0.260. The number of fused-ring (bicyclic) bond motifs is 2. The van der Waals surface area contributed by atoms with E-state index in [-0.39, 0.29) is 5.52 Å². The highest BCUT2D eigenvalue weighted by Gasteiger charge is 2.33. The lowest BCUT2D eigenvalue weighted by atomic mass is 10.2. The van der Waals surface area contributed by atoms with Gasteiger partial charge in [-0.2, -0.15) is 13.2 Å². The van der Waals surface area contributed by atoms with Crippen LogP contribution in [0.5, 0.6) is 0 Å². The van der Waals surface area contributed by atoms with E-state index in [1.165, 1.54) is 6.20 Å². The third-order valence-corrected chi connectivity index (χ3v) is 5.90. The third kappa shape index (κ3) is 2.95. The summed E-state index contributed by atoms with van der Waals surface area (Å²) in [6, 6.07) is 6.67. The van der Waals surface area contributed by atoms with Gasteiger partial charge in [-0.05, 0) is 24.0 Å². The molecule has 0 fully saturated rings. The van der Waals surface area contributed by atoms with Gasteiger partial charge in [-0.3, -0.25) is 0 Å². The Kier molecular flexibility index (Phi) is 4.58. The van der Waals surface area contributed by atoms with E-state index in [1.807, 2.05) is 29.8 Å². The van der Waals surface area contributed by atoms with Crippen molar-refractivity contribution in [3.05, 3.63) is 41.2 Å². The SMILES string of the molecule is CCSc1c(-c2nc3cc(C(F)(F)F)ncc3n2C)n(C)c2cc(Cl)ccc12. The molecule has 0 aliphatic heterocycles. The zero-order valence-electron chi connectivity index (χ0n) is 15.3. The molecule has 0 saturated heterocycles. The largest absolute Gasteiger partial charge is 0.433 e. The quantitative estimate of drug-likeness (QED) is 0.383. The standard InChI is InChI=1S/C19H16ClF3N4S/c1-4-28-17-11-6-5-10(20)7-13(11)26(2)16(17)18-25-12-8-15(19(21,22)23)24-9-14(12)27(18)3/h5-9H,4H2,1-3H3. The number of aryl methyl sites for hydroxylation is 2. The van der Waals surface area contributed by atoms with Gasteiger partial charge in [0.05, 0.1) is 28.4 Å². The van der Waals surface area contributed by atoms with E-state index in [2.05, 4.69) is 16.9 Å². The zero-order chi connectivity index (χ0) is 20.2. The molecule has 4 aromatic rings. The Labute approximate surface area is 168 Å². The van der Waals surface area contributed by atoms with E-state index in [0.29, 0.717) is 16.4 Å². The average Bonchev–Trinajstić information content (AvgIpc) is 3.09. The molecule has 28 heavy (non-hydrogen) atoms. The molecule has 146 valence electrons. The molecule has 0 spiro atoms. The van der Waals surface area contributed by atoms with Gasteiger partial charge in [-0.1, -0.05) is 24.6 Å².